The zero-order chi connectivity index (χ0) is 16.3. The molecule has 1 aromatic carbocycles. The van der Waals surface area contributed by atoms with E-state index in [1.54, 1.807) is 23.5 Å². The Balaban J connectivity index is 2.23. The summed E-state index contributed by atoms with van der Waals surface area (Å²) in [5.74, 6) is -0.310. The lowest BCUT2D eigenvalue weighted by Gasteiger charge is -2.19. The number of nitro groups is 1. The first-order chi connectivity index (χ1) is 10.3. The fraction of sp³-hybridized carbons (Fsp3) is 0.312. The van der Waals surface area contributed by atoms with E-state index in [-0.39, 0.29) is 17.0 Å². The van der Waals surface area contributed by atoms with Gasteiger partial charge in [-0.2, -0.15) is 11.3 Å². The topological polar surface area (TPSA) is 72.2 Å². The Morgan fingerprint density at radius 2 is 2.05 bits per heavy atom. The fourth-order valence-electron chi connectivity index (χ4n) is 2.14. The van der Waals surface area contributed by atoms with E-state index >= 15 is 0 Å². The van der Waals surface area contributed by atoms with E-state index < -0.39 is 4.92 Å². The highest BCUT2D eigenvalue weighted by atomic mass is 32.1. The number of carbonyl (C=O) groups excluding carboxylic acids is 1. The molecule has 0 aliphatic rings. The van der Waals surface area contributed by atoms with E-state index in [4.69, 9.17) is 0 Å². The molecule has 0 saturated carbocycles. The van der Waals surface area contributed by atoms with Crippen LogP contribution in [0.1, 0.15) is 42.3 Å². The highest BCUT2D eigenvalue weighted by molar-refractivity contribution is 7.07. The van der Waals surface area contributed by atoms with Gasteiger partial charge < -0.3 is 5.32 Å². The molecule has 0 aliphatic carbocycles. The standard InChI is InChI=1S/C16H18N2O3S/c1-16(2,3)13-5-4-12(8-14(13)18(20)21)15(19)17-9-11-6-7-22-10-11/h4-8,10H,9H2,1-3H3,(H,17,19). The molecule has 0 saturated heterocycles. The summed E-state index contributed by atoms with van der Waals surface area (Å²) in [5.41, 5.74) is 1.56. The van der Waals surface area contributed by atoms with Crippen LogP contribution < -0.4 is 5.32 Å². The van der Waals surface area contributed by atoms with E-state index in [9.17, 15) is 14.9 Å². The summed E-state index contributed by atoms with van der Waals surface area (Å²) in [4.78, 5) is 23.0. The molecule has 5 nitrogen and oxygen atoms in total. The van der Waals surface area contributed by atoms with Gasteiger partial charge in [-0.3, -0.25) is 14.9 Å². The van der Waals surface area contributed by atoms with Crippen LogP contribution in [0.2, 0.25) is 0 Å². The molecule has 1 amide bonds. The number of thiophene rings is 1. The van der Waals surface area contributed by atoms with Crippen molar-refractivity contribution in [3.05, 3.63) is 61.8 Å². The van der Waals surface area contributed by atoms with Gasteiger partial charge in [-0.15, -0.1) is 0 Å². The summed E-state index contributed by atoms with van der Waals surface area (Å²) in [6.07, 6.45) is 0. The van der Waals surface area contributed by atoms with Crippen LogP contribution in [0.15, 0.2) is 35.0 Å². The molecular formula is C16H18N2O3S. The van der Waals surface area contributed by atoms with Crippen LogP contribution in [0, 0.1) is 10.1 Å². The van der Waals surface area contributed by atoms with Crippen LogP contribution in [0.25, 0.3) is 0 Å². The molecule has 1 aromatic heterocycles. The predicted molar refractivity (Wildman–Crippen MR) is 87.3 cm³/mol. The maximum atomic E-state index is 12.1. The number of carbonyl (C=O) groups is 1. The molecule has 6 heteroatoms. The van der Waals surface area contributed by atoms with Gasteiger partial charge in [-0.1, -0.05) is 26.8 Å². The Morgan fingerprint density at radius 1 is 1.32 bits per heavy atom. The lowest BCUT2D eigenvalue weighted by Crippen LogP contribution is -2.23. The van der Waals surface area contributed by atoms with Gasteiger partial charge in [-0.25, -0.2) is 0 Å². The Morgan fingerprint density at radius 3 is 2.59 bits per heavy atom. The van der Waals surface area contributed by atoms with Crippen molar-refractivity contribution in [1.29, 1.82) is 0 Å². The largest absolute Gasteiger partial charge is 0.348 e. The minimum absolute atomic E-state index is 0.0179. The fourth-order valence-corrected chi connectivity index (χ4v) is 2.80. The summed E-state index contributed by atoms with van der Waals surface area (Å²) in [6, 6.07) is 6.58. The summed E-state index contributed by atoms with van der Waals surface area (Å²) in [5, 5.41) is 17.9. The number of hydrogen-bond donors (Lipinski definition) is 1. The Hall–Kier alpha value is -2.21. The van der Waals surface area contributed by atoms with Crippen molar-refractivity contribution in [3.63, 3.8) is 0 Å². The third-order valence-electron chi connectivity index (χ3n) is 3.30. The van der Waals surface area contributed by atoms with Gasteiger partial charge in [0.1, 0.15) is 0 Å². The van der Waals surface area contributed by atoms with Gasteiger partial charge in [-0.05, 0) is 33.9 Å². The zero-order valence-electron chi connectivity index (χ0n) is 12.8. The Bertz CT molecular complexity index is 688. The molecule has 0 bridgehead atoms. The normalized spacial score (nSPS) is 11.2. The van der Waals surface area contributed by atoms with E-state index in [2.05, 4.69) is 5.32 Å². The molecule has 1 N–H and O–H groups in total. The molecule has 2 aromatic rings. The first kappa shape index (κ1) is 16.2. The third kappa shape index (κ3) is 3.71. The number of nitrogens with zero attached hydrogens (tertiary/aromatic N) is 1. The van der Waals surface area contributed by atoms with Crippen molar-refractivity contribution >= 4 is 22.9 Å². The first-order valence-electron chi connectivity index (χ1n) is 6.87. The Labute approximate surface area is 133 Å². The predicted octanol–water partition coefficient (Wildman–Crippen LogP) is 3.88. The summed E-state index contributed by atoms with van der Waals surface area (Å²) >= 11 is 1.56. The van der Waals surface area contributed by atoms with E-state index in [1.807, 2.05) is 37.6 Å². The SMILES string of the molecule is CC(C)(C)c1ccc(C(=O)NCc2ccsc2)cc1[N+](=O)[O-]. The third-order valence-corrected chi connectivity index (χ3v) is 4.03. The van der Waals surface area contributed by atoms with E-state index in [1.165, 1.54) is 6.07 Å². The second-order valence-electron chi connectivity index (χ2n) is 6.05. The van der Waals surface area contributed by atoms with Crippen LogP contribution >= 0.6 is 11.3 Å². The highest BCUT2D eigenvalue weighted by Gasteiger charge is 2.26. The van der Waals surface area contributed by atoms with Gasteiger partial charge >= 0.3 is 0 Å². The molecule has 0 atom stereocenters. The van der Waals surface area contributed by atoms with Gasteiger partial charge in [0.2, 0.25) is 0 Å². The van der Waals surface area contributed by atoms with Crippen molar-refractivity contribution < 1.29 is 9.72 Å². The monoisotopic (exact) mass is 318 g/mol. The quantitative estimate of drug-likeness (QED) is 0.686. The van der Waals surface area contributed by atoms with Crippen molar-refractivity contribution in [3.8, 4) is 0 Å². The lowest BCUT2D eigenvalue weighted by molar-refractivity contribution is -0.386. The van der Waals surface area contributed by atoms with E-state index in [0.29, 0.717) is 17.7 Å². The van der Waals surface area contributed by atoms with Crippen LogP contribution in [0.3, 0.4) is 0 Å². The van der Waals surface area contributed by atoms with Crippen molar-refractivity contribution in [2.24, 2.45) is 0 Å². The van der Waals surface area contributed by atoms with Crippen LogP contribution in [0.4, 0.5) is 5.69 Å². The van der Waals surface area contributed by atoms with Gasteiger partial charge in [0.05, 0.1) is 4.92 Å². The van der Waals surface area contributed by atoms with Gasteiger partial charge in [0.15, 0.2) is 0 Å². The van der Waals surface area contributed by atoms with Crippen molar-refractivity contribution in [2.45, 2.75) is 32.7 Å². The molecule has 22 heavy (non-hydrogen) atoms. The minimum atomic E-state index is -0.434. The second kappa shape index (κ2) is 6.27. The second-order valence-corrected chi connectivity index (χ2v) is 6.83. The van der Waals surface area contributed by atoms with E-state index in [0.717, 1.165) is 5.56 Å². The maximum absolute atomic E-state index is 12.1. The molecule has 0 unspecified atom stereocenters. The van der Waals surface area contributed by atoms with Gasteiger partial charge in [0, 0.05) is 23.7 Å². The maximum Gasteiger partial charge on any atom is 0.273 e. The number of nitrogens with one attached hydrogen (secondary N) is 1. The number of hydrogen-bond acceptors (Lipinski definition) is 4. The average molecular weight is 318 g/mol. The number of rotatable bonds is 4. The van der Waals surface area contributed by atoms with Crippen molar-refractivity contribution in [1.82, 2.24) is 5.32 Å². The first-order valence-corrected chi connectivity index (χ1v) is 7.81. The molecule has 0 radical (unpaired) electrons. The highest BCUT2D eigenvalue weighted by Crippen LogP contribution is 2.31. The van der Waals surface area contributed by atoms with Crippen LogP contribution in [-0.2, 0) is 12.0 Å². The Kier molecular flexibility index (Phi) is 4.61. The molecule has 116 valence electrons. The smallest absolute Gasteiger partial charge is 0.273 e. The van der Waals surface area contributed by atoms with Crippen LogP contribution in [-0.4, -0.2) is 10.8 Å². The number of nitro benzene ring substituents is 1. The molecular weight excluding hydrogens is 300 g/mol. The molecule has 0 fully saturated rings. The molecule has 0 spiro atoms. The zero-order valence-corrected chi connectivity index (χ0v) is 13.6. The molecule has 2 rings (SSSR count). The van der Waals surface area contributed by atoms with Gasteiger partial charge in [0.25, 0.3) is 11.6 Å². The average Bonchev–Trinajstić information content (AvgIpc) is 2.96. The number of amides is 1. The summed E-state index contributed by atoms with van der Waals surface area (Å²) in [6.45, 7) is 6.14. The molecule has 1 heterocycles. The van der Waals surface area contributed by atoms with Crippen LogP contribution in [0.5, 0.6) is 0 Å². The molecule has 0 aliphatic heterocycles. The minimum Gasteiger partial charge on any atom is -0.348 e. The summed E-state index contributed by atoms with van der Waals surface area (Å²) < 4.78 is 0. The lowest BCUT2D eigenvalue weighted by atomic mass is 9.85. The number of benzene rings is 1. The van der Waals surface area contributed by atoms with Crippen molar-refractivity contribution in [2.75, 3.05) is 0 Å². The summed E-state index contributed by atoms with van der Waals surface area (Å²) in [7, 11) is 0.